The van der Waals surface area contributed by atoms with E-state index < -0.39 is 0 Å². The Bertz CT molecular complexity index is 307. The molecule has 13 heavy (non-hydrogen) atoms. The van der Waals surface area contributed by atoms with E-state index in [4.69, 9.17) is 0 Å². The molecule has 0 spiro atoms. The molecule has 0 unspecified atom stereocenters. The highest BCUT2D eigenvalue weighted by molar-refractivity contribution is 5.33. The molecule has 1 radical (unpaired) electrons. The minimum atomic E-state index is 0.653. The van der Waals surface area contributed by atoms with Crippen LogP contribution in [-0.2, 0) is 0 Å². The molecule has 0 heterocycles. The van der Waals surface area contributed by atoms with Gasteiger partial charge in [-0.2, -0.15) is 0 Å². The highest BCUT2D eigenvalue weighted by Gasteiger charge is 2.11. The molecule has 0 amide bonds. The minimum absolute atomic E-state index is 0.653. The maximum atomic E-state index is 3.33. The fraction of sp³-hybridized carbons (Fsp3) is 0.385. The summed E-state index contributed by atoms with van der Waals surface area (Å²) < 4.78 is 0. The molecule has 1 aromatic rings. The van der Waals surface area contributed by atoms with Crippen molar-refractivity contribution in [2.45, 2.75) is 25.7 Å². The molecule has 1 aromatic carbocycles. The monoisotopic (exact) mass is 169 g/mol. The average molecular weight is 169 g/mol. The quantitative estimate of drug-likeness (QED) is 0.524. The summed E-state index contributed by atoms with van der Waals surface area (Å²) in [4.78, 5) is 0. The van der Waals surface area contributed by atoms with Crippen molar-refractivity contribution in [1.82, 2.24) is 0 Å². The van der Waals surface area contributed by atoms with Crippen LogP contribution in [0, 0.1) is 23.8 Å². The van der Waals surface area contributed by atoms with Gasteiger partial charge in [-0.05, 0) is 31.0 Å². The molecule has 0 aromatic heterocycles. The van der Waals surface area contributed by atoms with Gasteiger partial charge in [0, 0.05) is 11.5 Å². The van der Waals surface area contributed by atoms with Crippen LogP contribution in [0.15, 0.2) is 24.3 Å². The van der Waals surface area contributed by atoms with Gasteiger partial charge >= 0.3 is 0 Å². The van der Waals surface area contributed by atoms with Crippen molar-refractivity contribution in [2.24, 2.45) is 5.92 Å². The molecule has 2 rings (SSSR count). The fourth-order valence-corrected chi connectivity index (χ4v) is 1.73. The zero-order valence-electron chi connectivity index (χ0n) is 7.72. The van der Waals surface area contributed by atoms with Gasteiger partial charge in [0.15, 0.2) is 0 Å². The summed E-state index contributed by atoms with van der Waals surface area (Å²) in [5.74, 6) is 7.19. The van der Waals surface area contributed by atoms with Crippen LogP contribution in [-0.4, -0.2) is 0 Å². The Kier molecular flexibility index (Phi) is 2.67. The molecule has 0 N–H and O–H groups in total. The molecule has 0 nitrogen and oxygen atoms in total. The lowest BCUT2D eigenvalue weighted by molar-refractivity contribution is 0.712. The Morgan fingerprint density at radius 1 is 1.31 bits per heavy atom. The molecule has 0 saturated heterocycles. The molecular formula is C13H13. The van der Waals surface area contributed by atoms with E-state index in [-0.39, 0.29) is 0 Å². The fourth-order valence-electron chi connectivity index (χ4n) is 1.73. The molecule has 0 heteroatoms. The summed E-state index contributed by atoms with van der Waals surface area (Å²) in [5.41, 5.74) is 1.09. The number of hydrogen-bond donors (Lipinski definition) is 0. The van der Waals surface area contributed by atoms with Crippen molar-refractivity contribution in [1.29, 1.82) is 0 Å². The smallest absolute Gasteiger partial charge is 0.0251 e. The Labute approximate surface area is 80.0 Å². The van der Waals surface area contributed by atoms with Gasteiger partial charge in [0.25, 0.3) is 0 Å². The maximum absolute atomic E-state index is 3.33. The summed E-state index contributed by atoms with van der Waals surface area (Å²) in [5, 5.41) is 0. The normalized spacial score (nSPS) is 16.6. The first-order valence-corrected chi connectivity index (χ1v) is 4.93. The largest absolute Gasteiger partial charge is 0.0945 e. The van der Waals surface area contributed by atoms with Crippen molar-refractivity contribution in [3.63, 3.8) is 0 Å². The standard InChI is InChI=1S/C13H13/c1-2-6-12(7-3-1)10-11-13-8-4-5-9-13/h1-2,6-7,13H,4-5,8-9H2. The second-order valence-corrected chi connectivity index (χ2v) is 3.54. The van der Waals surface area contributed by atoms with Gasteiger partial charge in [-0.1, -0.05) is 36.8 Å². The lowest BCUT2D eigenvalue weighted by Crippen LogP contribution is -1.86. The minimum Gasteiger partial charge on any atom is -0.0945 e. The number of hydrogen-bond acceptors (Lipinski definition) is 0. The topological polar surface area (TPSA) is 0 Å². The highest BCUT2D eigenvalue weighted by atomic mass is 14.1. The van der Waals surface area contributed by atoms with Crippen molar-refractivity contribution >= 4 is 0 Å². The van der Waals surface area contributed by atoms with E-state index in [0.717, 1.165) is 5.56 Å². The van der Waals surface area contributed by atoms with E-state index in [1.165, 1.54) is 25.7 Å². The van der Waals surface area contributed by atoms with Crippen molar-refractivity contribution < 1.29 is 0 Å². The zero-order chi connectivity index (χ0) is 8.93. The third-order valence-electron chi connectivity index (χ3n) is 2.48. The van der Waals surface area contributed by atoms with Gasteiger partial charge in [-0.25, -0.2) is 0 Å². The summed E-state index contributed by atoms with van der Waals surface area (Å²) >= 11 is 0. The van der Waals surface area contributed by atoms with Crippen LogP contribution < -0.4 is 0 Å². The average Bonchev–Trinajstić information content (AvgIpc) is 2.69. The predicted octanol–water partition coefficient (Wildman–Crippen LogP) is 3.03. The van der Waals surface area contributed by atoms with E-state index in [0.29, 0.717) is 5.92 Å². The Hall–Kier alpha value is -1.22. The third kappa shape index (κ3) is 2.36. The van der Waals surface area contributed by atoms with Crippen molar-refractivity contribution in [3.8, 4) is 11.8 Å². The highest BCUT2D eigenvalue weighted by Crippen LogP contribution is 2.23. The molecule has 1 saturated carbocycles. The Balaban J connectivity index is 2.03. The molecule has 0 aliphatic heterocycles. The lowest BCUT2D eigenvalue weighted by Gasteiger charge is -1.94. The van der Waals surface area contributed by atoms with Gasteiger partial charge in [0.05, 0.1) is 0 Å². The van der Waals surface area contributed by atoms with Gasteiger partial charge < -0.3 is 0 Å². The van der Waals surface area contributed by atoms with Crippen molar-refractivity contribution in [2.75, 3.05) is 0 Å². The molecule has 1 aliphatic rings. The van der Waals surface area contributed by atoms with E-state index in [1.807, 2.05) is 24.3 Å². The second kappa shape index (κ2) is 4.14. The maximum Gasteiger partial charge on any atom is 0.0251 e. The van der Waals surface area contributed by atoms with Crippen LogP contribution in [0.4, 0.5) is 0 Å². The van der Waals surface area contributed by atoms with Gasteiger partial charge in [-0.15, -0.1) is 0 Å². The summed E-state index contributed by atoms with van der Waals surface area (Å²) in [6.45, 7) is 0. The molecule has 0 atom stereocenters. The molecule has 1 fully saturated rings. The van der Waals surface area contributed by atoms with E-state index in [1.54, 1.807) is 0 Å². The van der Waals surface area contributed by atoms with Crippen LogP contribution in [0.2, 0.25) is 0 Å². The van der Waals surface area contributed by atoms with Crippen molar-refractivity contribution in [3.05, 3.63) is 35.9 Å². The summed E-state index contributed by atoms with van der Waals surface area (Å²) in [7, 11) is 0. The predicted molar refractivity (Wildman–Crippen MR) is 54.1 cm³/mol. The molecule has 1 aliphatic carbocycles. The van der Waals surface area contributed by atoms with Crippen LogP contribution in [0.3, 0.4) is 0 Å². The van der Waals surface area contributed by atoms with E-state index in [9.17, 15) is 0 Å². The van der Waals surface area contributed by atoms with Crippen LogP contribution in [0.25, 0.3) is 0 Å². The summed E-state index contributed by atoms with van der Waals surface area (Å²) in [6.07, 6.45) is 5.31. The molecule has 0 bridgehead atoms. The summed E-state index contributed by atoms with van der Waals surface area (Å²) in [6, 6.07) is 10.9. The van der Waals surface area contributed by atoms with Crippen LogP contribution in [0.1, 0.15) is 31.2 Å². The van der Waals surface area contributed by atoms with E-state index >= 15 is 0 Å². The van der Waals surface area contributed by atoms with Gasteiger partial charge in [-0.3, -0.25) is 0 Å². The van der Waals surface area contributed by atoms with Gasteiger partial charge in [0.2, 0.25) is 0 Å². The third-order valence-corrected chi connectivity index (χ3v) is 2.48. The number of rotatable bonds is 0. The Morgan fingerprint density at radius 2 is 2.15 bits per heavy atom. The number of benzene rings is 1. The SMILES string of the molecule is C(#CC1CCCC1)c1c[c]ccc1. The first-order chi connectivity index (χ1) is 6.45. The molecular weight excluding hydrogens is 156 g/mol. The lowest BCUT2D eigenvalue weighted by atomic mass is 10.1. The van der Waals surface area contributed by atoms with E-state index in [2.05, 4.69) is 17.9 Å². The first kappa shape index (κ1) is 8.38. The van der Waals surface area contributed by atoms with Gasteiger partial charge in [0.1, 0.15) is 0 Å². The second-order valence-electron chi connectivity index (χ2n) is 3.54. The Morgan fingerprint density at radius 3 is 2.85 bits per heavy atom. The first-order valence-electron chi connectivity index (χ1n) is 4.93. The van der Waals surface area contributed by atoms with Crippen LogP contribution in [0.5, 0.6) is 0 Å². The van der Waals surface area contributed by atoms with Crippen LogP contribution >= 0.6 is 0 Å². The zero-order valence-corrected chi connectivity index (χ0v) is 7.72. The molecule has 65 valence electrons.